The fourth-order valence-electron chi connectivity index (χ4n) is 2.23. The summed E-state index contributed by atoms with van der Waals surface area (Å²) in [5.41, 5.74) is 0.793. The highest BCUT2D eigenvalue weighted by molar-refractivity contribution is 5.49. The van der Waals surface area contributed by atoms with E-state index in [1.165, 1.54) is 6.07 Å². The average molecular weight is 258 g/mol. The monoisotopic (exact) mass is 258 g/mol. The highest BCUT2D eigenvalue weighted by Gasteiger charge is 2.39. The third-order valence-corrected chi connectivity index (χ3v) is 3.35. The van der Waals surface area contributed by atoms with Crippen LogP contribution in [0, 0.1) is 0 Å². The van der Waals surface area contributed by atoms with Crippen LogP contribution >= 0.6 is 0 Å². The van der Waals surface area contributed by atoms with E-state index in [9.17, 15) is 13.2 Å². The lowest BCUT2D eigenvalue weighted by Gasteiger charge is -2.16. The van der Waals surface area contributed by atoms with Crippen LogP contribution in [0.3, 0.4) is 0 Å². The van der Waals surface area contributed by atoms with Gasteiger partial charge in [0.15, 0.2) is 0 Å². The lowest BCUT2D eigenvalue weighted by atomic mass is 9.95. The number of hydrogen-bond donors (Lipinski definition) is 0. The predicted molar refractivity (Wildman–Crippen MR) is 63.9 cm³/mol. The molecule has 4 heteroatoms. The maximum atomic E-state index is 13.0. The zero-order valence-corrected chi connectivity index (χ0v) is 10.8. The molecule has 0 amide bonds. The Morgan fingerprint density at radius 2 is 2.00 bits per heavy atom. The normalized spacial score (nSPS) is 18.9. The Bertz CT molecular complexity index is 449. The predicted octanol–water partition coefficient (Wildman–Crippen LogP) is 4.54. The van der Waals surface area contributed by atoms with E-state index < -0.39 is 11.7 Å². The van der Waals surface area contributed by atoms with E-state index in [1.807, 2.05) is 26.8 Å². The van der Waals surface area contributed by atoms with Crippen molar-refractivity contribution in [2.24, 2.45) is 0 Å². The number of rotatable bonds is 2. The Hall–Kier alpha value is -1.19. The topological polar surface area (TPSA) is 9.23 Å². The minimum atomic E-state index is -4.35. The van der Waals surface area contributed by atoms with Crippen molar-refractivity contribution in [2.75, 3.05) is 0 Å². The van der Waals surface area contributed by atoms with Crippen molar-refractivity contribution in [1.29, 1.82) is 0 Å². The molecule has 1 heterocycles. The summed E-state index contributed by atoms with van der Waals surface area (Å²) in [4.78, 5) is 0. The molecule has 1 aliphatic rings. The van der Waals surface area contributed by atoms with Gasteiger partial charge in [-0.3, -0.25) is 0 Å². The smallest absolute Gasteiger partial charge is 0.419 e. The zero-order valence-electron chi connectivity index (χ0n) is 10.8. The molecule has 0 N–H and O–H groups in total. The number of hydrogen-bond acceptors (Lipinski definition) is 1. The summed E-state index contributed by atoms with van der Waals surface area (Å²) in [6.45, 7) is 5.72. The Labute approximate surface area is 105 Å². The Morgan fingerprint density at radius 3 is 2.50 bits per heavy atom. The average Bonchev–Trinajstić information content (AvgIpc) is 2.68. The summed E-state index contributed by atoms with van der Waals surface area (Å²) in [5, 5.41) is 0. The van der Waals surface area contributed by atoms with Gasteiger partial charge in [0.1, 0.15) is 11.9 Å². The van der Waals surface area contributed by atoms with E-state index >= 15 is 0 Å². The van der Waals surface area contributed by atoms with Crippen LogP contribution in [0.25, 0.3) is 0 Å². The first-order chi connectivity index (χ1) is 8.32. The maximum Gasteiger partial charge on any atom is 0.419 e. The fourth-order valence-corrected chi connectivity index (χ4v) is 2.23. The summed E-state index contributed by atoms with van der Waals surface area (Å²) in [5.74, 6) is 0.121. The fraction of sp³-hybridized carbons (Fsp3) is 0.571. The van der Waals surface area contributed by atoms with Crippen LogP contribution < -0.4 is 4.74 Å². The molecule has 0 bridgehead atoms. The molecular weight excluding hydrogens is 241 g/mol. The Morgan fingerprint density at radius 1 is 1.33 bits per heavy atom. The molecule has 1 aromatic rings. The minimum absolute atomic E-state index is 0.0405. The van der Waals surface area contributed by atoms with Gasteiger partial charge in [-0.15, -0.1) is 0 Å². The van der Waals surface area contributed by atoms with Crippen LogP contribution in [-0.2, 0) is 12.6 Å². The van der Waals surface area contributed by atoms with Crippen molar-refractivity contribution in [3.63, 3.8) is 0 Å². The molecule has 1 aliphatic heterocycles. The van der Waals surface area contributed by atoms with E-state index in [2.05, 4.69) is 0 Å². The molecular formula is C14H17F3O. The first-order valence-corrected chi connectivity index (χ1v) is 6.23. The van der Waals surface area contributed by atoms with Crippen molar-refractivity contribution in [3.8, 4) is 5.75 Å². The highest BCUT2D eigenvalue weighted by Crippen LogP contribution is 2.44. The van der Waals surface area contributed by atoms with Crippen molar-refractivity contribution in [1.82, 2.24) is 0 Å². The lowest BCUT2D eigenvalue weighted by Crippen LogP contribution is -2.12. The lowest BCUT2D eigenvalue weighted by molar-refractivity contribution is -0.139. The molecule has 100 valence electrons. The molecule has 0 saturated carbocycles. The first-order valence-electron chi connectivity index (χ1n) is 6.23. The van der Waals surface area contributed by atoms with Crippen molar-refractivity contribution in [3.05, 3.63) is 28.8 Å². The Kier molecular flexibility index (Phi) is 3.30. The number of ether oxygens (including phenoxy) is 1. The number of halogens is 3. The van der Waals surface area contributed by atoms with Gasteiger partial charge in [0, 0.05) is 6.42 Å². The highest BCUT2D eigenvalue weighted by atomic mass is 19.4. The van der Waals surface area contributed by atoms with Crippen molar-refractivity contribution < 1.29 is 17.9 Å². The molecule has 1 unspecified atom stereocenters. The molecule has 0 saturated heterocycles. The van der Waals surface area contributed by atoms with Gasteiger partial charge < -0.3 is 4.74 Å². The molecule has 0 aromatic heterocycles. The zero-order chi connectivity index (χ0) is 13.5. The van der Waals surface area contributed by atoms with E-state index in [0.717, 1.165) is 12.0 Å². The molecule has 1 aromatic carbocycles. The van der Waals surface area contributed by atoms with Gasteiger partial charge in [-0.2, -0.15) is 13.2 Å². The van der Waals surface area contributed by atoms with Gasteiger partial charge in [0.05, 0.1) is 5.56 Å². The van der Waals surface area contributed by atoms with Crippen LogP contribution in [0.5, 0.6) is 5.75 Å². The molecule has 0 fully saturated rings. The standard InChI is InChI=1S/C14H17F3O/c1-4-11-6-10-5-9(8(2)3)7-12(13(10)18-11)14(15,16)17/h5,7-8,11H,4,6H2,1-3H3. The third-order valence-electron chi connectivity index (χ3n) is 3.35. The second kappa shape index (κ2) is 4.48. The van der Waals surface area contributed by atoms with E-state index in [0.29, 0.717) is 12.0 Å². The van der Waals surface area contributed by atoms with Gasteiger partial charge >= 0.3 is 6.18 Å². The molecule has 0 radical (unpaired) electrons. The number of benzene rings is 1. The quantitative estimate of drug-likeness (QED) is 0.756. The SMILES string of the molecule is CCC1Cc2cc(C(C)C)cc(C(F)(F)F)c2O1. The molecule has 2 rings (SSSR count). The van der Waals surface area contributed by atoms with E-state index in [-0.39, 0.29) is 17.8 Å². The van der Waals surface area contributed by atoms with Gasteiger partial charge in [-0.05, 0) is 29.5 Å². The molecule has 1 nitrogen and oxygen atoms in total. The summed E-state index contributed by atoms with van der Waals surface area (Å²) in [7, 11) is 0. The van der Waals surface area contributed by atoms with Crippen LogP contribution in [0.1, 0.15) is 49.8 Å². The minimum Gasteiger partial charge on any atom is -0.489 e. The van der Waals surface area contributed by atoms with Crippen LogP contribution in [0.2, 0.25) is 0 Å². The van der Waals surface area contributed by atoms with Crippen molar-refractivity contribution in [2.45, 2.75) is 51.8 Å². The van der Waals surface area contributed by atoms with E-state index in [4.69, 9.17) is 4.74 Å². The second-order valence-corrected chi connectivity index (χ2v) is 5.06. The summed E-state index contributed by atoms with van der Waals surface area (Å²) >= 11 is 0. The van der Waals surface area contributed by atoms with E-state index in [1.54, 1.807) is 0 Å². The maximum absolute atomic E-state index is 13.0. The number of fused-ring (bicyclic) bond motifs is 1. The summed E-state index contributed by atoms with van der Waals surface area (Å²) in [6, 6.07) is 3.08. The first kappa shape index (κ1) is 13.2. The van der Waals surface area contributed by atoms with Gasteiger partial charge in [-0.25, -0.2) is 0 Å². The van der Waals surface area contributed by atoms with Crippen LogP contribution in [0.4, 0.5) is 13.2 Å². The summed E-state index contributed by atoms with van der Waals surface area (Å²) in [6.07, 6.45) is -3.17. The molecule has 1 atom stereocenters. The molecule has 0 spiro atoms. The largest absolute Gasteiger partial charge is 0.489 e. The van der Waals surface area contributed by atoms with Gasteiger partial charge in [-0.1, -0.05) is 26.8 Å². The Balaban J connectivity index is 2.53. The van der Waals surface area contributed by atoms with Gasteiger partial charge in [0.2, 0.25) is 0 Å². The number of alkyl halides is 3. The second-order valence-electron chi connectivity index (χ2n) is 5.06. The van der Waals surface area contributed by atoms with Crippen LogP contribution in [-0.4, -0.2) is 6.10 Å². The molecule has 0 aliphatic carbocycles. The summed E-state index contributed by atoms with van der Waals surface area (Å²) < 4.78 is 44.5. The van der Waals surface area contributed by atoms with Crippen molar-refractivity contribution >= 4 is 0 Å². The third kappa shape index (κ3) is 2.33. The van der Waals surface area contributed by atoms with Gasteiger partial charge in [0.25, 0.3) is 0 Å². The van der Waals surface area contributed by atoms with Crippen LogP contribution in [0.15, 0.2) is 12.1 Å². The molecule has 18 heavy (non-hydrogen) atoms.